The summed E-state index contributed by atoms with van der Waals surface area (Å²) in [6.07, 6.45) is 4.28. The highest BCUT2D eigenvalue weighted by Crippen LogP contribution is 2.22. The van der Waals surface area contributed by atoms with Gasteiger partial charge in [-0.2, -0.15) is 0 Å². The molecule has 1 aliphatic heterocycles. The molecule has 1 fully saturated rings. The number of likely N-dealkylation sites (tertiary alicyclic amines) is 1. The topological polar surface area (TPSA) is 20.3 Å². The van der Waals surface area contributed by atoms with Crippen LogP contribution in [-0.2, 0) is 6.42 Å². The van der Waals surface area contributed by atoms with Crippen LogP contribution in [-0.4, -0.2) is 23.4 Å². The molecule has 2 aromatic rings. The summed E-state index contributed by atoms with van der Waals surface area (Å²) in [5, 5.41) is 0. The minimum atomic E-state index is 0.193. The van der Waals surface area contributed by atoms with Crippen molar-refractivity contribution in [1.82, 2.24) is 4.90 Å². The second-order valence-electron chi connectivity index (χ2n) is 6.16. The van der Waals surface area contributed by atoms with Gasteiger partial charge < -0.3 is 4.90 Å². The van der Waals surface area contributed by atoms with E-state index in [2.05, 4.69) is 25.1 Å². The molecule has 0 N–H and O–H groups in total. The molecule has 2 heteroatoms. The summed E-state index contributed by atoms with van der Waals surface area (Å²) in [6.45, 7) is 3.05. The van der Waals surface area contributed by atoms with E-state index in [0.29, 0.717) is 6.04 Å². The molecule has 0 aliphatic carbocycles. The van der Waals surface area contributed by atoms with Crippen molar-refractivity contribution in [1.29, 1.82) is 0 Å². The van der Waals surface area contributed by atoms with Crippen LogP contribution >= 0.6 is 0 Å². The van der Waals surface area contributed by atoms with Gasteiger partial charge in [0.1, 0.15) is 0 Å². The van der Waals surface area contributed by atoms with Crippen molar-refractivity contribution in [3.8, 4) is 0 Å². The average molecular weight is 293 g/mol. The van der Waals surface area contributed by atoms with E-state index in [-0.39, 0.29) is 5.91 Å². The Bertz CT molecular complexity index is 635. The molecule has 1 atom stereocenters. The Morgan fingerprint density at radius 2 is 1.77 bits per heavy atom. The smallest absolute Gasteiger partial charge is 0.254 e. The first-order valence-electron chi connectivity index (χ1n) is 8.18. The monoisotopic (exact) mass is 293 g/mol. The third kappa shape index (κ3) is 3.22. The van der Waals surface area contributed by atoms with Gasteiger partial charge in [0.25, 0.3) is 5.91 Å². The molecule has 1 aliphatic rings. The van der Waals surface area contributed by atoms with Crippen molar-refractivity contribution in [2.24, 2.45) is 0 Å². The van der Waals surface area contributed by atoms with Crippen molar-refractivity contribution in [3.63, 3.8) is 0 Å². The van der Waals surface area contributed by atoms with Gasteiger partial charge in [0, 0.05) is 18.2 Å². The van der Waals surface area contributed by atoms with Gasteiger partial charge in [-0.25, -0.2) is 0 Å². The number of benzene rings is 2. The minimum Gasteiger partial charge on any atom is -0.336 e. The maximum Gasteiger partial charge on any atom is 0.254 e. The first-order valence-corrected chi connectivity index (χ1v) is 8.18. The zero-order valence-corrected chi connectivity index (χ0v) is 13.2. The SMILES string of the molecule is CC1CCCCN1C(=O)c1ccccc1Cc1ccccc1. The fourth-order valence-corrected chi connectivity index (χ4v) is 3.25. The molecule has 22 heavy (non-hydrogen) atoms. The number of nitrogens with zero attached hydrogens (tertiary/aromatic N) is 1. The average Bonchev–Trinajstić information content (AvgIpc) is 2.56. The lowest BCUT2D eigenvalue weighted by Gasteiger charge is -2.34. The van der Waals surface area contributed by atoms with Gasteiger partial charge in [0.2, 0.25) is 0 Å². The molecule has 0 saturated carbocycles. The Morgan fingerprint density at radius 3 is 2.55 bits per heavy atom. The van der Waals surface area contributed by atoms with E-state index in [9.17, 15) is 4.79 Å². The molecule has 2 nitrogen and oxygen atoms in total. The van der Waals surface area contributed by atoms with Gasteiger partial charge >= 0.3 is 0 Å². The fraction of sp³-hybridized carbons (Fsp3) is 0.350. The maximum absolute atomic E-state index is 12.9. The van der Waals surface area contributed by atoms with Crippen molar-refractivity contribution in [2.45, 2.75) is 38.6 Å². The number of amides is 1. The molecule has 3 rings (SSSR count). The molecule has 1 heterocycles. The van der Waals surface area contributed by atoms with Crippen LogP contribution in [0, 0.1) is 0 Å². The molecule has 1 saturated heterocycles. The van der Waals surface area contributed by atoms with E-state index in [4.69, 9.17) is 0 Å². The molecule has 1 amide bonds. The van der Waals surface area contributed by atoms with Crippen LogP contribution in [0.2, 0.25) is 0 Å². The lowest BCUT2D eigenvalue weighted by atomic mass is 9.97. The van der Waals surface area contributed by atoms with Gasteiger partial charge in [-0.05, 0) is 49.8 Å². The highest BCUT2D eigenvalue weighted by atomic mass is 16.2. The zero-order chi connectivity index (χ0) is 15.4. The molecule has 0 radical (unpaired) electrons. The molecular weight excluding hydrogens is 270 g/mol. The first kappa shape index (κ1) is 14.8. The lowest BCUT2D eigenvalue weighted by molar-refractivity contribution is 0.0634. The van der Waals surface area contributed by atoms with E-state index in [1.807, 2.05) is 41.3 Å². The molecule has 0 aromatic heterocycles. The number of hydrogen-bond donors (Lipinski definition) is 0. The van der Waals surface area contributed by atoms with Crippen molar-refractivity contribution >= 4 is 5.91 Å². The Kier molecular flexibility index (Phi) is 4.57. The van der Waals surface area contributed by atoms with Crippen LogP contribution in [0.3, 0.4) is 0 Å². The van der Waals surface area contributed by atoms with Crippen molar-refractivity contribution in [2.75, 3.05) is 6.54 Å². The summed E-state index contributed by atoms with van der Waals surface area (Å²) in [4.78, 5) is 15.0. The molecule has 0 spiro atoms. The summed E-state index contributed by atoms with van der Waals surface area (Å²) >= 11 is 0. The quantitative estimate of drug-likeness (QED) is 0.826. The number of hydrogen-bond acceptors (Lipinski definition) is 1. The molecule has 1 unspecified atom stereocenters. The van der Waals surface area contributed by atoms with Gasteiger partial charge in [-0.15, -0.1) is 0 Å². The summed E-state index contributed by atoms with van der Waals surface area (Å²) in [5.74, 6) is 0.193. The van der Waals surface area contributed by atoms with Crippen LogP contribution < -0.4 is 0 Å². The molecule has 0 bridgehead atoms. The van der Waals surface area contributed by atoms with E-state index < -0.39 is 0 Å². The maximum atomic E-state index is 12.9. The fourth-order valence-electron chi connectivity index (χ4n) is 3.25. The van der Waals surface area contributed by atoms with Gasteiger partial charge in [-0.1, -0.05) is 48.5 Å². The summed E-state index contributed by atoms with van der Waals surface area (Å²) in [7, 11) is 0. The third-order valence-electron chi connectivity index (χ3n) is 4.55. The van der Waals surface area contributed by atoms with Gasteiger partial charge in [0.05, 0.1) is 0 Å². The number of carbonyl (C=O) groups excluding carboxylic acids is 1. The van der Waals surface area contributed by atoms with E-state index in [0.717, 1.165) is 36.9 Å². The van der Waals surface area contributed by atoms with E-state index in [1.54, 1.807) is 0 Å². The highest BCUT2D eigenvalue weighted by molar-refractivity contribution is 5.96. The Labute approximate surface area is 132 Å². The Morgan fingerprint density at radius 1 is 1.05 bits per heavy atom. The predicted octanol–water partition coefficient (Wildman–Crippen LogP) is 4.29. The van der Waals surface area contributed by atoms with Gasteiger partial charge in [0.15, 0.2) is 0 Å². The first-order chi connectivity index (χ1) is 10.8. The predicted molar refractivity (Wildman–Crippen MR) is 90.0 cm³/mol. The molecule has 2 aromatic carbocycles. The standard InChI is InChI=1S/C20H23NO/c1-16-9-7-8-14-21(16)20(22)19-13-6-5-12-18(19)15-17-10-3-2-4-11-17/h2-6,10-13,16H,7-9,14-15H2,1H3. The highest BCUT2D eigenvalue weighted by Gasteiger charge is 2.25. The second-order valence-corrected chi connectivity index (χ2v) is 6.16. The number of carbonyl (C=O) groups is 1. The molecule has 114 valence electrons. The van der Waals surface area contributed by atoms with Gasteiger partial charge in [-0.3, -0.25) is 4.79 Å². The Balaban J connectivity index is 1.86. The van der Waals surface area contributed by atoms with Crippen molar-refractivity contribution in [3.05, 3.63) is 71.3 Å². The normalized spacial score (nSPS) is 18.2. The second kappa shape index (κ2) is 6.78. The minimum absolute atomic E-state index is 0.193. The largest absolute Gasteiger partial charge is 0.336 e. The van der Waals surface area contributed by atoms with Crippen molar-refractivity contribution < 1.29 is 4.79 Å². The Hall–Kier alpha value is -2.09. The van der Waals surface area contributed by atoms with Crippen LogP contribution in [0.15, 0.2) is 54.6 Å². The summed E-state index contributed by atoms with van der Waals surface area (Å²) in [5.41, 5.74) is 3.23. The summed E-state index contributed by atoms with van der Waals surface area (Å²) < 4.78 is 0. The van der Waals surface area contributed by atoms with E-state index >= 15 is 0 Å². The van der Waals surface area contributed by atoms with E-state index in [1.165, 1.54) is 12.0 Å². The third-order valence-corrected chi connectivity index (χ3v) is 4.55. The van der Waals surface area contributed by atoms with Crippen LogP contribution in [0.25, 0.3) is 0 Å². The number of rotatable bonds is 3. The number of piperidine rings is 1. The van der Waals surface area contributed by atoms with Crippen LogP contribution in [0.5, 0.6) is 0 Å². The lowest BCUT2D eigenvalue weighted by Crippen LogP contribution is -2.42. The molecular formula is C20H23NO. The van der Waals surface area contributed by atoms with Crippen LogP contribution in [0.4, 0.5) is 0 Å². The zero-order valence-electron chi connectivity index (χ0n) is 13.2. The summed E-state index contributed by atoms with van der Waals surface area (Å²) in [6, 6.07) is 18.7. The van der Waals surface area contributed by atoms with Crippen LogP contribution in [0.1, 0.15) is 47.7 Å².